The molecule has 0 aliphatic rings. The van der Waals surface area contributed by atoms with E-state index in [1.165, 1.54) is 7.11 Å². The van der Waals surface area contributed by atoms with Crippen molar-refractivity contribution in [2.45, 2.75) is 0 Å². The van der Waals surface area contributed by atoms with E-state index in [9.17, 15) is 4.79 Å². The Labute approximate surface area is 125 Å². The summed E-state index contributed by atoms with van der Waals surface area (Å²) in [7, 11) is 1.51. The van der Waals surface area contributed by atoms with E-state index in [2.05, 4.69) is 27.9 Å². The molecule has 0 saturated carbocycles. The first-order chi connectivity index (χ1) is 9.11. The smallest absolute Gasteiger partial charge is 0.261 e. The zero-order valence-corrected chi connectivity index (χ0v) is 12.5. The Balaban J connectivity index is 2.30. The summed E-state index contributed by atoms with van der Waals surface area (Å²) in [6.45, 7) is 0. The van der Waals surface area contributed by atoms with Crippen molar-refractivity contribution in [1.29, 1.82) is 0 Å². The second kappa shape index (κ2) is 5.92. The number of carbonyl (C=O) groups is 1. The minimum Gasteiger partial charge on any atom is -0.496 e. The highest BCUT2D eigenvalue weighted by Gasteiger charge is 2.15. The second-order valence-corrected chi connectivity index (χ2v) is 5.13. The molecular formula is C14H13IN2O2. The van der Waals surface area contributed by atoms with Gasteiger partial charge in [-0.25, -0.2) is 0 Å². The molecule has 98 valence electrons. The summed E-state index contributed by atoms with van der Waals surface area (Å²) in [5.74, 6) is 0.181. The van der Waals surface area contributed by atoms with Gasteiger partial charge in [-0.2, -0.15) is 0 Å². The van der Waals surface area contributed by atoms with Crippen molar-refractivity contribution < 1.29 is 9.53 Å². The predicted molar refractivity (Wildman–Crippen MR) is 84.5 cm³/mol. The Hall–Kier alpha value is -1.76. The normalized spacial score (nSPS) is 10.0. The molecule has 1 amide bonds. The molecule has 0 aliphatic heterocycles. The molecule has 2 aromatic rings. The lowest BCUT2D eigenvalue weighted by atomic mass is 10.1. The van der Waals surface area contributed by atoms with Crippen LogP contribution in [0.1, 0.15) is 10.4 Å². The van der Waals surface area contributed by atoms with Crippen LogP contribution in [-0.2, 0) is 0 Å². The van der Waals surface area contributed by atoms with Gasteiger partial charge in [-0.1, -0.05) is 12.1 Å². The number of nitrogens with one attached hydrogen (secondary N) is 1. The average Bonchev–Trinajstić information content (AvgIpc) is 2.38. The summed E-state index contributed by atoms with van der Waals surface area (Å²) in [4.78, 5) is 12.3. The lowest BCUT2D eigenvalue weighted by molar-refractivity contribution is 0.102. The molecule has 0 aromatic heterocycles. The van der Waals surface area contributed by atoms with E-state index in [0.717, 1.165) is 9.26 Å². The third kappa shape index (κ3) is 3.17. The summed E-state index contributed by atoms with van der Waals surface area (Å²) in [5.41, 5.74) is 7.31. The standard InChI is InChI=1S/C14H13IN2O2/c1-19-12-7-3-6-11(16)13(12)14(18)17-10-5-2-4-9(15)8-10/h2-8H,16H2,1H3,(H,17,18). The fourth-order valence-electron chi connectivity index (χ4n) is 1.72. The van der Waals surface area contributed by atoms with E-state index in [-0.39, 0.29) is 5.91 Å². The average molecular weight is 368 g/mol. The zero-order chi connectivity index (χ0) is 13.8. The van der Waals surface area contributed by atoms with Gasteiger partial charge in [-0.15, -0.1) is 0 Å². The molecule has 2 aromatic carbocycles. The van der Waals surface area contributed by atoms with Crippen LogP contribution in [0.15, 0.2) is 42.5 Å². The van der Waals surface area contributed by atoms with Crippen LogP contribution in [0.3, 0.4) is 0 Å². The maximum Gasteiger partial charge on any atom is 0.261 e. The fourth-order valence-corrected chi connectivity index (χ4v) is 2.26. The van der Waals surface area contributed by atoms with Gasteiger partial charge in [-0.3, -0.25) is 4.79 Å². The van der Waals surface area contributed by atoms with Gasteiger partial charge in [-0.05, 0) is 52.9 Å². The van der Waals surface area contributed by atoms with Gasteiger partial charge in [0.2, 0.25) is 0 Å². The van der Waals surface area contributed by atoms with Gasteiger partial charge >= 0.3 is 0 Å². The van der Waals surface area contributed by atoms with Gasteiger partial charge in [0.15, 0.2) is 0 Å². The minimum atomic E-state index is -0.281. The SMILES string of the molecule is COc1cccc(N)c1C(=O)Nc1cccc(I)c1. The number of rotatable bonds is 3. The molecule has 0 aliphatic carbocycles. The molecule has 0 heterocycles. The highest BCUT2D eigenvalue weighted by molar-refractivity contribution is 14.1. The van der Waals surface area contributed by atoms with Crippen molar-refractivity contribution in [3.63, 3.8) is 0 Å². The van der Waals surface area contributed by atoms with E-state index < -0.39 is 0 Å². The van der Waals surface area contributed by atoms with Gasteiger partial charge in [0.1, 0.15) is 11.3 Å². The third-order valence-electron chi connectivity index (χ3n) is 2.59. The van der Waals surface area contributed by atoms with Crippen LogP contribution in [0.5, 0.6) is 5.75 Å². The summed E-state index contributed by atoms with van der Waals surface area (Å²) in [5, 5.41) is 2.81. The van der Waals surface area contributed by atoms with Crippen LogP contribution in [-0.4, -0.2) is 13.0 Å². The van der Waals surface area contributed by atoms with E-state index in [1.807, 2.05) is 24.3 Å². The molecule has 4 nitrogen and oxygen atoms in total. The van der Waals surface area contributed by atoms with Gasteiger partial charge in [0.05, 0.1) is 7.11 Å². The van der Waals surface area contributed by atoms with Crippen molar-refractivity contribution in [2.24, 2.45) is 0 Å². The monoisotopic (exact) mass is 368 g/mol. The Morgan fingerprint density at radius 1 is 1.26 bits per heavy atom. The number of ether oxygens (including phenoxy) is 1. The van der Waals surface area contributed by atoms with Crippen molar-refractivity contribution >= 4 is 39.9 Å². The van der Waals surface area contributed by atoms with Crippen LogP contribution in [0, 0.1) is 3.57 Å². The lowest BCUT2D eigenvalue weighted by Crippen LogP contribution is -2.15. The van der Waals surface area contributed by atoms with Gasteiger partial charge in [0, 0.05) is 14.9 Å². The molecule has 0 unspecified atom stereocenters. The summed E-state index contributed by atoms with van der Waals surface area (Å²) in [6.07, 6.45) is 0. The van der Waals surface area contributed by atoms with E-state index in [1.54, 1.807) is 18.2 Å². The van der Waals surface area contributed by atoms with E-state index in [0.29, 0.717) is 17.0 Å². The maximum atomic E-state index is 12.3. The van der Waals surface area contributed by atoms with Crippen LogP contribution in [0.2, 0.25) is 0 Å². The number of anilines is 2. The molecule has 2 rings (SSSR count). The van der Waals surface area contributed by atoms with Crippen LogP contribution in [0.25, 0.3) is 0 Å². The van der Waals surface area contributed by atoms with Crippen molar-refractivity contribution in [3.8, 4) is 5.75 Å². The highest BCUT2D eigenvalue weighted by atomic mass is 127. The number of halogens is 1. The first-order valence-electron chi connectivity index (χ1n) is 5.61. The first-order valence-corrected chi connectivity index (χ1v) is 6.69. The van der Waals surface area contributed by atoms with Gasteiger partial charge in [0.25, 0.3) is 5.91 Å². The molecule has 0 radical (unpaired) electrons. The Morgan fingerprint density at radius 2 is 2.00 bits per heavy atom. The van der Waals surface area contributed by atoms with Crippen molar-refractivity contribution in [1.82, 2.24) is 0 Å². The minimum absolute atomic E-state index is 0.281. The number of hydrogen-bond donors (Lipinski definition) is 2. The fraction of sp³-hybridized carbons (Fsp3) is 0.0714. The zero-order valence-electron chi connectivity index (χ0n) is 10.3. The Bertz CT molecular complexity index is 614. The van der Waals surface area contributed by atoms with E-state index in [4.69, 9.17) is 10.5 Å². The predicted octanol–water partition coefficient (Wildman–Crippen LogP) is 3.13. The topological polar surface area (TPSA) is 64.3 Å². The molecule has 0 bridgehead atoms. The number of methoxy groups -OCH3 is 1. The number of carbonyl (C=O) groups excluding carboxylic acids is 1. The molecule has 5 heteroatoms. The molecule has 0 atom stereocenters. The summed E-state index contributed by atoms with van der Waals surface area (Å²) in [6, 6.07) is 12.7. The van der Waals surface area contributed by atoms with Crippen LogP contribution in [0.4, 0.5) is 11.4 Å². The Kier molecular flexibility index (Phi) is 4.26. The summed E-state index contributed by atoms with van der Waals surface area (Å²) >= 11 is 2.19. The first kappa shape index (κ1) is 13.7. The van der Waals surface area contributed by atoms with Crippen LogP contribution < -0.4 is 15.8 Å². The molecule has 0 fully saturated rings. The van der Waals surface area contributed by atoms with Crippen LogP contribution >= 0.6 is 22.6 Å². The third-order valence-corrected chi connectivity index (χ3v) is 3.26. The number of hydrogen-bond acceptors (Lipinski definition) is 3. The second-order valence-electron chi connectivity index (χ2n) is 3.89. The largest absolute Gasteiger partial charge is 0.496 e. The number of nitrogens with two attached hydrogens (primary N) is 1. The number of amides is 1. The van der Waals surface area contributed by atoms with E-state index >= 15 is 0 Å². The maximum absolute atomic E-state index is 12.3. The van der Waals surface area contributed by atoms with Crippen molar-refractivity contribution in [3.05, 3.63) is 51.6 Å². The van der Waals surface area contributed by atoms with Gasteiger partial charge < -0.3 is 15.8 Å². The molecular weight excluding hydrogens is 355 g/mol. The lowest BCUT2D eigenvalue weighted by Gasteiger charge is -2.11. The number of nitrogen functional groups attached to an aromatic ring is 1. The van der Waals surface area contributed by atoms with Crippen molar-refractivity contribution in [2.75, 3.05) is 18.2 Å². The molecule has 0 spiro atoms. The Morgan fingerprint density at radius 3 is 2.68 bits per heavy atom. The molecule has 0 saturated heterocycles. The summed E-state index contributed by atoms with van der Waals surface area (Å²) < 4.78 is 6.21. The quantitative estimate of drug-likeness (QED) is 0.646. The number of benzene rings is 2. The molecule has 19 heavy (non-hydrogen) atoms. The molecule has 3 N–H and O–H groups in total. The highest BCUT2D eigenvalue weighted by Crippen LogP contribution is 2.25.